The van der Waals surface area contributed by atoms with E-state index in [0.29, 0.717) is 31.9 Å². The highest BCUT2D eigenvalue weighted by Gasteiger charge is 2.25. The number of nitrogens with zero attached hydrogens (tertiary/aromatic N) is 4. The molecule has 0 spiro atoms. The Balaban J connectivity index is 1.31. The Labute approximate surface area is 197 Å². The van der Waals surface area contributed by atoms with Gasteiger partial charge in [0.05, 0.1) is 17.6 Å². The molecule has 34 heavy (non-hydrogen) atoms. The number of carbonyl (C=O) groups is 2. The molecule has 4 aromatic rings. The van der Waals surface area contributed by atoms with E-state index < -0.39 is 0 Å². The number of aromatic nitrogens is 2. The highest BCUT2D eigenvalue weighted by molar-refractivity contribution is 5.94. The Morgan fingerprint density at radius 3 is 2.18 bits per heavy atom. The molecule has 0 bridgehead atoms. The Morgan fingerprint density at radius 2 is 1.50 bits per heavy atom. The number of benzene rings is 2. The van der Waals surface area contributed by atoms with Crippen LogP contribution in [-0.2, 0) is 4.79 Å². The molecule has 5 rings (SSSR count). The summed E-state index contributed by atoms with van der Waals surface area (Å²) in [5.41, 5.74) is 3.59. The zero-order valence-corrected chi connectivity index (χ0v) is 18.6. The van der Waals surface area contributed by atoms with E-state index in [1.807, 2.05) is 77.6 Å². The van der Waals surface area contributed by atoms with Crippen LogP contribution in [0.3, 0.4) is 0 Å². The van der Waals surface area contributed by atoms with Crippen molar-refractivity contribution in [2.45, 2.75) is 0 Å². The van der Waals surface area contributed by atoms with Gasteiger partial charge in [-0.2, -0.15) is 5.10 Å². The lowest BCUT2D eigenvalue weighted by atomic mass is 10.1. The second-order valence-corrected chi connectivity index (χ2v) is 8.01. The van der Waals surface area contributed by atoms with Gasteiger partial charge in [0.2, 0.25) is 5.91 Å². The summed E-state index contributed by atoms with van der Waals surface area (Å²) < 4.78 is 7.03. The number of hydrogen-bond donors (Lipinski definition) is 0. The normalized spacial score (nSPS) is 14.0. The first kappa shape index (κ1) is 21.5. The Kier molecular flexibility index (Phi) is 6.07. The quantitative estimate of drug-likeness (QED) is 0.427. The molecule has 0 atom stereocenters. The van der Waals surface area contributed by atoms with Crippen LogP contribution in [0.5, 0.6) is 0 Å². The SMILES string of the molecule is O=C(C=Cc1cn(-c2ccccc2)nc1-c1ccccc1)N1CCN(C(=O)c2ccco2)CC1. The molecule has 0 aliphatic carbocycles. The van der Waals surface area contributed by atoms with Gasteiger partial charge in [-0.3, -0.25) is 9.59 Å². The van der Waals surface area contributed by atoms with Crippen molar-refractivity contribution in [3.05, 3.63) is 103 Å². The second-order valence-electron chi connectivity index (χ2n) is 8.01. The van der Waals surface area contributed by atoms with Crippen LogP contribution in [-0.4, -0.2) is 57.6 Å². The largest absolute Gasteiger partial charge is 0.459 e. The fourth-order valence-electron chi connectivity index (χ4n) is 4.00. The number of para-hydroxylation sites is 1. The van der Waals surface area contributed by atoms with Crippen molar-refractivity contribution in [2.75, 3.05) is 26.2 Å². The summed E-state index contributed by atoms with van der Waals surface area (Å²) in [7, 11) is 0. The monoisotopic (exact) mass is 452 g/mol. The minimum atomic E-state index is -0.145. The summed E-state index contributed by atoms with van der Waals surface area (Å²) in [6.45, 7) is 1.90. The average molecular weight is 453 g/mol. The highest BCUT2D eigenvalue weighted by Crippen LogP contribution is 2.25. The highest BCUT2D eigenvalue weighted by atomic mass is 16.3. The molecule has 0 saturated carbocycles. The number of hydrogen-bond acceptors (Lipinski definition) is 4. The van der Waals surface area contributed by atoms with Crippen LogP contribution in [0.15, 0.2) is 95.7 Å². The first-order valence-corrected chi connectivity index (χ1v) is 11.2. The van der Waals surface area contributed by atoms with E-state index in [0.717, 1.165) is 22.5 Å². The van der Waals surface area contributed by atoms with E-state index in [1.165, 1.54) is 6.26 Å². The van der Waals surface area contributed by atoms with Crippen LogP contribution in [0.2, 0.25) is 0 Å². The first-order chi connectivity index (χ1) is 16.7. The molecule has 2 aromatic carbocycles. The maximum Gasteiger partial charge on any atom is 0.289 e. The van der Waals surface area contributed by atoms with Gasteiger partial charge in [0.1, 0.15) is 0 Å². The molecule has 0 unspecified atom stereocenters. The predicted octanol–water partition coefficient (Wildman–Crippen LogP) is 4.13. The van der Waals surface area contributed by atoms with Crippen molar-refractivity contribution in [1.29, 1.82) is 0 Å². The summed E-state index contributed by atoms with van der Waals surface area (Å²) in [4.78, 5) is 28.8. The third-order valence-corrected chi connectivity index (χ3v) is 5.83. The van der Waals surface area contributed by atoms with Crippen molar-refractivity contribution >= 4 is 17.9 Å². The second kappa shape index (κ2) is 9.62. The van der Waals surface area contributed by atoms with Crippen molar-refractivity contribution < 1.29 is 14.0 Å². The summed E-state index contributed by atoms with van der Waals surface area (Å²) >= 11 is 0. The lowest BCUT2D eigenvalue weighted by molar-refractivity contribution is -0.127. The zero-order chi connectivity index (χ0) is 23.3. The Hall–Kier alpha value is -4.39. The topological polar surface area (TPSA) is 71.6 Å². The number of amides is 2. The molecular formula is C27H24N4O3. The lowest BCUT2D eigenvalue weighted by Crippen LogP contribution is -2.50. The van der Waals surface area contributed by atoms with Crippen molar-refractivity contribution in [1.82, 2.24) is 19.6 Å². The molecule has 2 aromatic heterocycles. The lowest BCUT2D eigenvalue weighted by Gasteiger charge is -2.33. The molecule has 7 heteroatoms. The Morgan fingerprint density at radius 1 is 0.824 bits per heavy atom. The fraction of sp³-hybridized carbons (Fsp3) is 0.148. The minimum Gasteiger partial charge on any atom is -0.459 e. The standard InChI is InChI=1S/C27H24N4O3/c32-25(29-15-17-30(18-16-29)27(33)24-12-7-19-34-24)14-13-22-20-31(23-10-5-2-6-11-23)28-26(22)21-8-3-1-4-9-21/h1-14,19-20H,15-18H2. The van der Waals surface area contributed by atoms with E-state index >= 15 is 0 Å². The molecule has 1 aliphatic rings. The molecule has 1 aliphatic heterocycles. The van der Waals surface area contributed by atoms with E-state index in [-0.39, 0.29) is 11.8 Å². The molecule has 1 fully saturated rings. The number of rotatable bonds is 5. The van der Waals surface area contributed by atoms with Gasteiger partial charge in [0.15, 0.2) is 5.76 Å². The predicted molar refractivity (Wildman–Crippen MR) is 129 cm³/mol. The molecule has 170 valence electrons. The van der Waals surface area contributed by atoms with Crippen LogP contribution in [0.25, 0.3) is 23.0 Å². The van der Waals surface area contributed by atoms with Crippen LogP contribution in [0, 0.1) is 0 Å². The van der Waals surface area contributed by atoms with Gasteiger partial charge in [-0.15, -0.1) is 0 Å². The van der Waals surface area contributed by atoms with Gasteiger partial charge in [-0.25, -0.2) is 4.68 Å². The molecule has 2 amide bonds. The van der Waals surface area contributed by atoms with Crippen LogP contribution < -0.4 is 0 Å². The molecule has 0 N–H and O–H groups in total. The van der Waals surface area contributed by atoms with Gasteiger partial charge >= 0.3 is 0 Å². The minimum absolute atomic E-state index is 0.0865. The van der Waals surface area contributed by atoms with Gasteiger partial charge in [-0.05, 0) is 30.3 Å². The maximum absolute atomic E-state index is 12.9. The van der Waals surface area contributed by atoms with Crippen LogP contribution in [0.4, 0.5) is 0 Å². The molecule has 7 nitrogen and oxygen atoms in total. The zero-order valence-electron chi connectivity index (χ0n) is 18.6. The van der Waals surface area contributed by atoms with Gasteiger partial charge in [-0.1, -0.05) is 48.5 Å². The van der Waals surface area contributed by atoms with Crippen molar-refractivity contribution in [2.24, 2.45) is 0 Å². The summed E-state index contributed by atoms with van der Waals surface area (Å²) in [5, 5.41) is 4.78. The van der Waals surface area contributed by atoms with Crippen LogP contribution >= 0.6 is 0 Å². The van der Waals surface area contributed by atoms with Crippen molar-refractivity contribution in [3.63, 3.8) is 0 Å². The Bertz CT molecular complexity index is 1290. The van der Waals surface area contributed by atoms with E-state index in [9.17, 15) is 9.59 Å². The molecular weight excluding hydrogens is 428 g/mol. The third-order valence-electron chi connectivity index (χ3n) is 5.83. The number of furan rings is 1. The molecule has 3 heterocycles. The van der Waals surface area contributed by atoms with Gasteiger partial charge < -0.3 is 14.2 Å². The summed E-state index contributed by atoms with van der Waals surface area (Å²) in [6.07, 6.45) is 6.82. The molecule has 0 radical (unpaired) electrons. The van der Waals surface area contributed by atoms with Gasteiger partial charge in [0, 0.05) is 49.6 Å². The number of carbonyl (C=O) groups excluding carboxylic acids is 2. The van der Waals surface area contributed by atoms with E-state index in [1.54, 1.807) is 28.0 Å². The first-order valence-electron chi connectivity index (χ1n) is 11.2. The number of piperazine rings is 1. The fourth-order valence-corrected chi connectivity index (χ4v) is 4.00. The summed E-state index contributed by atoms with van der Waals surface area (Å²) in [5.74, 6) is 0.0913. The summed E-state index contributed by atoms with van der Waals surface area (Å²) in [6, 6.07) is 23.1. The van der Waals surface area contributed by atoms with E-state index in [2.05, 4.69) is 0 Å². The van der Waals surface area contributed by atoms with E-state index in [4.69, 9.17) is 9.52 Å². The maximum atomic E-state index is 12.9. The average Bonchev–Trinajstić information content (AvgIpc) is 3.59. The van der Waals surface area contributed by atoms with Crippen molar-refractivity contribution in [3.8, 4) is 16.9 Å². The smallest absolute Gasteiger partial charge is 0.289 e. The van der Waals surface area contributed by atoms with Gasteiger partial charge in [0.25, 0.3) is 5.91 Å². The van der Waals surface area contributed by atoms with Crippen LogP contribution in [0.1, 0.15) is 16.1 Å². The third kappa shape index (κ3) is 4.54. The molecule has 1 saturated heterocycles.